The number of hydrogen-bond acceptors (Lipinski definition) is 7. The number of carbonyl (C=O) groups excluding carboxylic acids is 2. The molecule has 1 amide bonds. The summed E-state index contributed by atoms with van der Waals surface area (Å²) in [6.45, 7) is 4.05. The summed E-state index contributed by atoms with van der Waals surface area (Å²) >= 11 is 0. The van der Waals surface area contributed by atoms with Gasteiger partial charge in [0.2, 0.25) is 11.8 Å². The molecule has 9 nitrogen and oxygen atoms in total. The number of methoxy groups -OCH3 is 2. The van der Waals surface area contributed by atoms with Crippen molar-refractivity contribution in [2.45, 2.75) is 128 Å². The summed E-state index contributed by atoms with van der Waals surface area (Å²) in [7, 11) is 2.38. The van der Waals surface area contributed by atoms with Crippen molar-refractivity contribution in [3.8, 4) is 5.75 Å². The number of carboxylic acids is 1. The molecule has 0 aliphatic rings. The van der Waals surface area contributed by atoms with Crippen LogP contribution in [0.4, 0.5) is 8.78 Å². The largest absolute Gasteiger partial charge is 0.494 e. The fourth-order valence-corrected chi connectivity index (χ4v) is 5.20. The number of aliphatic hydroxyl groups is 1. The summed E-state index contributed by atoms with van der Waals surface area (Å²) in [6, 6.07) is 5.88. The molecular weight excluding hydrogens is 612 g/mol. The van der Waals surface area contributed by atoms with Gasteiger partial charge in [-0.3, -0.25) is 4.79 Å². The minimum Gasteiger partial charge on any atom is -0.494 e. The normalized spacial score (nSPS) is 14.4. The van der Waals surface area contributed by atoms with Crippen LogP contribution in [0.15, 0.2) is 36.4 Å². The molecule has 1 rings (SSSR count). The summed E-state index contributed by atoms with van der Waals surface area (Å²) < 4.78 is 43.8. The van der Waals surface area contributed by atoms with Gasteiger partial charge in [-0.25, -0.2) is 18.4 Å². The van der Waals surface area contributed by atoms with Crippen LogP contribution in [0.1, 0.15) is 109 Å². The Morgan fingerprint density at radius 3 is 2.04 bits per heavy atom. The lowest BCUT2D eigenvalue weighted by Crippen LogP contribution is -2.56. The van der Waals surface area contributed by atoms with Gasteiger partial charge in [0.25, 0.3) is 0 Å². The van der Waals surface area contributed by atoms with E-state index in [2.05, 4.69) is 19.2 Å². The number of ether oxygens (including phenoxy) is 3. The zero-order valence-electron chi connectivity index (χ0n) is 28.7. The van der Waals surface area contributed by atoms with E-state index in [0.29, 0.717) is 56.4 Å². The number of aliphatic carboxylic acids is 1. The van der Waals surface area contributed by atoms with Crippen LogP contribution >= 0.6 is 0 Å². The molecule has 0 aliphatic carbocycles. The first-order valence-corrected chi connectivity index (χ1v) is 17.0. The lowest BCUT2D eigenvalue weighted by Gasteiger charge is -2.30. The maximum absolute atomic E-state index is 14.2. The van der Waals surface area contributed by atoms with Crippen molar-refractivity contribution < 1.29 is 47.6 Å². The number of carbonyl (C=O) groups is 3. The minimum absolute atomic E-state index is 0.0533. The SMILES string of the molecule is CCCCCCCC(F)(F)CCCCCC/C=C/[C@H](C(=O)N[C@@H](Cc1ccc(OCCCC)cc1)C(=O)OC)[C@@](O)(COC)C(=O)O. The number of benzene rings is 1. The third-order valence-corrected chi connectivity index (χ3v) is 8.10. The first-order chi connectivity index (χ1) is 22.4. The Kier molecular flexibility index (Phi) is 20.8. The second-order valence-electron chi connectivity index (χ2n) is 12.2. The van der Waals surface area contributed by atoms with Crippen molar-refractivity contribution in [2.24, 2.45) is 5.92 Å². The molecule has 0 aromatic heterocycles. The lowest BCUT2D eigenvalue weighted by atomic mass is 9.86. The molecule has 0 bridgehead atoms. The maximum Gasteiger partial charge on any atom is 0.339 e. The highest BCUT2D eigenvalue weighted by atomic mass is 19.3. The van der Waals surface area contributed by atoms with E-state index in [1.807, 2.05) is 0 Å². The van der Waals surface area contributed by atoms with Crippen LogP contribution in [0.3, 0.4) is 0 Å². The maximum atomic E-state index is 14.2. The van der Waals surface area contributed by atoms with Gasteiger partial charge in [0, 0.05) is 26.4 Å². The fourth-order valence-electron chi connectivity index (χ4n) is 5.20. The average molecular weight is 670 g/mol. The molecule has 0 heterocycles. The van der Waals surface area contributed by atoms with Gasteiger partial charge in [0.05, 0.1) is 26.2 Å². The molecular formula is C36H57F2NO8. The van der Waals surface area contributed by atoms with Crippen LogP contribution in [0.25, 0.3) is 0 Å². The predicted octanol–water partition coefficient (Wildman–Crippen LogP) is 7.04. The molecule has 0 saturated carbocycles. The van der Waals surface area contributed by atoms with Crippen LogP contribution in [-0.4, -0.2) is 73.1 Å². The summed E-state index contributed by atoms with van der Waals surface area (Å²) in [5.41, 5.74) is -1.92. The third kappa shape index (κ3) is 16.6. The molecule has 268 valence electrons. The standard InChI is InChI=1S/C36H57F2NO8/c1-5-7-9-13-16-23-35(37,38)24-17-14-11-10-12-15-18-30(36(44,27-45-3)34(42)43)32(40)39-31(33(41)46-4)26-28-19-21-29(22-20-28)47-25-8-6-2/h15,18-22,30-31,44H,5-14,16-17,23-27H2,1-4H3,(H,39,40)(H,42,43)/b18-15+/t30-,31+,36+/m1/s1. The Morgan fingerprint density at radius 2 is 1.49 bits per heavy atom. The summed E-state index contributed by atoms with van der Waals surface area (Å²) in [5.74, 6) is -6.87. The summed E-state index contributed by atoms with van der Waals surface area (Å²) in [4.78, 5) is 38.3. The second kappa shape index (κ2) is 23.3. The Hall–Kier alpha value is -3.05. The third-order valence-electron chi connectivity index (χ3n) is 8.10. The highest BCUT2D eigenvalue weighted by molar-refractivity contribution is 5.93. The quantitative estimate of drug-likeness (QED) is 0.0517. The first-order valence-electron chi connectivity index (χ1n) is 17.0. The zero-order chi connectivity index (χ0) is 35.1. The minimum atomic E-state index is -2.65. The molecule has 0 saturated heterocycles. The van der Waals surface area contributed by atoms with Crippen molar-refractivity contribution in [1.29, 1.82) is 0 Å². The summed E-state index contributed by atoms with van der Waals surface area (Å²) in [5, 5.41) is 23.5. The molecule has 11 heteroatoms. The number of carboxylic acid groups (broad SMARTS) is 1. The Morgan fingerprint density at radius 1 is 0.894 bits per heavy atom. The van der Waals surface area contributed by atoms with E-state index in [9.17, 15) is 33.4 Å². The van der Waals surface area contributed by atoms with Gasteiger partial charge in [-0.05, 0) is 49.8 Å². The molecule has 0 spiro atoms. The van der Waals surface area contributed by atoms with Gasteiger partial charge >= 0.3 is 11.9 Å². The molecule has 1 aromatic carbocycles. The molecule has 3 atom stereocenters. The monoisotopic (exact) mass is 669 g/mol. The Bertz CT molecular complexity index is 1070. The number of esters is 1. The van der Waals surface area contributed by atoms with Crippen molar-refractivity contribution in [3.63, 3.8) is 0 Å². The van der Waals surface area contributed by atoms with E-state index in [0.717, 1.165) is 38.5 Å². The highest BCUT2D eigenvalue weighted by Crippen LogP contribution is 2.29. The van der Waals surface area contributed by atoms with Gasteiger partial charge in [0.15, 0.2) is 5.60 Å². The number of allylic oxidation sites excluding steroid dienone is 1. The van der Waals surface area contributed by atoms with Crippen molar-refractivity contribution in [1.82, 2.24) is 5.32 Å². The van der Waals surface area contributed by atoms with E-state index in [1.54, 1.807) is 30.3 Å². The van der Waals surface area contributed by atoms with E-state index < -0.39 is 47.9 Å². The lowest BCUT2D eigenvalue weighted by molar-refractivity contribution is -0.173. The van der Waals surface area contributed by atoms with Crippen LogP contribution in [0, 0.1) is 5.92 Å². The number of unbranched alkanes of at least 4 members (excludes halogenated alkanes) is 9. The van der Waals surface area contributed by atoms with Gasteiger partial charge < -0.3 is 29.7 Å². The van der Waals surface area contributed by atoms with Gasteiger partial charge in [-0.2, -0.15) is 0 Å². The highest BCUT2D eigenvalue weighted by Gasteiger charge is 2.47. The number of hydrogen-bond donors (Lipinski definition) is 3. The van der Waals surface area contributed by atoms with Gasteiger partial charge in [-0.15, -0.1) is 0 Å². The topological polar surface area (TPSA) is 131 Å². The van der Waals surface area contributed by atoms with Crippen molar-refractivity contribution >= 4 is 17.8 Å². The Labute approximate surface area is 279 Å². The molecule has 1 aromatic rings. The predicted molar refractivity (Wildman–Crippen MR) is 178 cm³/mol. The molecule has 47 heavy (non-hydrogen) atoms. The van der Waals surface area contributed by atoms with Crippen LogP contribution in [0.5, 0.6) is 5.75 Å². The average Bonchev–Trinajstić information content (AvgIpc) is 3.04. The van der Waals surface area contributed by atoms with Crippen LogP contribution in [0.2, 0.25) is 0 Å². The second-order valence-corrected chi connectivity index (χ2v) is 12.2. The number of alkyl halides is 2. The summed E-state index contributed by atoms with van der Waals surface area (Å²) in [6.07, 6.45) is 11.9. The smallest absolute Gasteiger partial charge is 0.339 e. The van der Waals surface area contributed by atoms with Crippen LogP contribution < -0.4 is 10.1 Å². The van der Waals surface area contributed by atoms with E-state index in [1.165, 1.54) is 20.3 Å². The first kappa shape index (κ1) is 42.0. The number of rotatable bonds is 27. The fraction of sp³-hybridized carbons (Fsp3) is 0.694. The van der Waals surface area contributed by atoms with Gasteiger partial charge in [0.1, 0.15) is 11.8 Å². The van der Waals surface area contributed by atoms with E-state index in [4.69, 9.17) is 14.2 Å². The van der Waals surface area contributed by atoms with Crippen LogP contribution in [-0.2, 0) is 30.3 Å². The van der Waals surface area contributed by atoms with Gasteiger partial charge in [-0.1, -0.05) is 83.1 Å². The number of halogens is 2. The Balaban J connectivity index is 2.83. The van der Waals surface area contributed by atoms with E-state index >= 15 is 0 Å². The molecule has 0 unspecified atom stereocenters. The molecule has 0 radical (unpaired) electrons. The van der Waals surface area contributed by atoms with E-state index in [-0.39, 0.29) is 19.3 Å². The van der Waals surface area contributed by atoms with Crippen molar-refractivity contribution in [3.05, 3.63) is 42.0 Å². The zero-order valence-corrected chi connectivity index (χ0v) is 28.7. The molecule has 0 fully saturated rings. The molecule has 3 N–H and O–H groups in total. The number of amides is 1. The molecule has 0 aliphatic heterocycles. The number of nitrogens with one attached hydrogen (secondary N) is 1. The van der Waals surface area contributed by atoms with Crippen molar-refractivity contribution in [2.75, 3.05) is 27.4 Å².